The Kier molecular flexibility index (Phi) is 8.00. The minimum Gasteiger partial charge on any atom is -0.491 e. The summed E-state index contributed by atoms with van der Waals surface area (Å²) in [4.78, 5) is 7.95. The molecule has 3 aromatic rings. The van der Waals surface area contributed by atoms with E-state index < -0.39 is 6.10 Å². The number of aliphatic hydroxyl groups excluding tert-OH is 1. The molecule has 6 heteroatoms. The van der Waals surface area contributed by atoms with Gasteiger partial charge in [0, 0.05) is 31.1 Å². The van der Waals surface area contributed by atoms with Crippen LogP contribution in [-0.2, 0) is 11.4 Å². The summed E-state index contributed by atoms with van der Waals surface area (Å²) < 4.78 is 5.86. The lowest BCUT2D eigenvalue weighted by Gasteiger charge is -2.27. The van der Waals surface area contributed by atoms with Crippen LogP contribution >= 0.6 is 11.6 Å². The number of halogens is 1. The molecule has 5 nitrogen and oxygen atoms in total. The number of hydrogen-bond donors (Lipinski definition) is 1. The minimum atomic E-state index is -0.633. The highest BCUT2D eigenvalue weighted by Crippen LogP contribution is 2.21. The van der Waals surface area contributed by atoms with Crippen LogP contribution in [0.2, 0.25) is 5.02 Å². The van der Waals surface area contributed by atoms with Crippen molar-refractivity contribution in [2.75, 3.05) is 19.7 Å². The zero-order chi connectivity index (χ0) is 23.0. The third-order valence-corrected chi connectivity index (χ3v) is 5.87. The van der Waals surface area contributed by atoms with Crippen molar-refractivity contribution in [3.05, 3.63) is 101 Å². The number of para-hydroxylation sites is 1. The van der Waals surface area contributed by atoms with Gasteiger partial charge < -0.3 is 14.7 Å². The van der Waals surface area contributed by atoms with E-state index in [0.29, 0.717) is 31.1 Å². The van der Waals surface area contributed by atoms with Crippen LogP contribution < -0.4 is 4.74 Å². The molecule has 4 rings (SSSR count). The first-order valence-corrected chi connectivity index (χ1v) is 11.6. The Morgan fingerprint density at radius 2 is 1.79 bits per heavy atom. The van der Waals surface area contributed by atoms with E-state index >= 15 is 0 Å². The van der Waals surface area contributed by atoms with Gasteiger partial charge in [-0.25, -0.2) is 0 Å². The van der Waals surface area contributed by atoms with Crippen molar-refractivity contribution >= 4 is 17.3 Å². The van der Waals surface area contributed by atoms with Gasteiger partial charge >= 0.3 is 0 Å². The van der Waals surface area contributed by atoms with Gasteiger partial charge in [-0.15, -0.1) is 0 Å². The molecule has 1 heterocycles. The molecule has 0 spiro atoms. The predicted octanol–water partition coefficient (Wildman–Crippen LogP) is 5.08. The molecule has 0 aliphatic carbocycles. The molecule has 33 heavy (non-hydrogen) atoms. The molecule has 0 aromatic heterocycles. The lowest BCUT2D eigenvalue weighted by atomic mass is 10.0. The van der Waals surface area contributed by atoms with E-state index in [9.17, 15) is 5.11 Å². The highest BCUT2D eigenvalue weighted by atomic mass is 35.5. The van der Waals surface area contributed by atoms with Crippen molar-refractivity contribution in [1.29, 1.82) is 0 Å². The molecule has 0 saturated heterocycles. The maximum absolute atomic E-state index is 10.7. The smallest absolute Gasteiger partial charge is 0.145 e. The summed E-state index contributed by atoms with van der Waals surface area (Å²) in [5, 5.41) is 15.7. The number of benzene rings is 3. The zero-order valence-corrected chi connectivity index (χ0v) is 19.5. The molecule has 0 unspecified atom stereocenters. The number of nitrogens with zero attached hydrogens (tertiary/aromatic N) is 2. The van der Waals surface area contributed by atoms with Crippen LogP contribution in [-0.4, -0.2) is 47.6 Å². The maximum atomic E-state index is 10.7. The molecule has 3 aromatic carbocycles. The number of hydrogen-bond acceptors (Lipinski definition) is 5. The van der Waals surface area contributed by atoms with E-state index in [1.807, 2.05) is 73.7 Å². The summed E-state index contributed by atoms with van der Waals surface area (Å²) in [6.45, 7) is 4.06. The Bertz CT molecular complexity index is 1060. The van der Waals surface area contributed by atoms with Crippen molar-refractivity contribution in [3.63, 3.8) is 0 Å². The van der Waals surface area contributed by atoms with Crippen molar-refractivity contribution in [1.82, 2.24) is 4.90 Å². The molecular weight excluding hydrogens is 436 g/mol. The molecule has 1 aliphatic heterocycles. The molecular formula is C27H29ClN2O3. The first-order valence-electron chi connectivity index (χ1n) is 11.2. The SMILES string of the molecule is Cc1ccccc1OC[C@H](O)CN(Cc1ccccc1)C[C@H]1CC(c2ccc(Cl)cc2)=NO1. The fraction of sp³-hybridized carbons (Fsp3) is 0.296. The maximum Gasteiger partial charge on any atom is 0.145 e. The number of oxime groups is 1. The molecule has 0 amide bonds. The van der Waals surface area contributed by atoms with Crippen LogP contribution in [0.15, 0.2) is 84.0 Å². The summed E-state index contributed by atoms with van der Waals surface area (Å²) in [5.41, 5.74) is 4.17. The first-order chi connectivity index (χ1) is 16.1. The van der Waals surface area contributed by atoms with Crippen LogP contribution in [0.1, 0.15) is 23.1 Å². The van der Waals surface area contributed by atoms with Gasteiger partial charge in [0.2, 0.25) is 0 Å². The van der Waals surface area contributed by atoms with Crippen LogP contribution in [0.5, 0.6) is 5.75 Å². The van der Waals surface area contributed by atoms with Crippen molar-refractivity contribution < 1.29 is 14.7 Å². The van der Waals surface area contributed by atoms with Crippen molar-refractivity contribution in [3.8, 4) is 5.75 Å². The van der Waals surface area contributed by atoms with Crippen LogP contribution in [0.3, 0.4) is 0 Å². The molecule has 0 radical (unpaired) electrons. The fourth-order valence-corrected chi connectivity index (χ4v) is 4.05. The Morgan fingerprint density at radius 3 is 2.55 bits per heavy atom. The number of aliphatic hydroxyl groups is 1. The molecule has 1 aliphatic rings. The average Bonchev–Trinajstić information content (AvgIpc) is 3.28. The minimum absolute atomic E-state index is 0.0797. The van der Waals surface area contributed by atoms with Gasteiger partial charge in [0.05, 0.1) is 5.71 Å². The third kappa shape index (κ3) is 6.81. The topological polar surface area (TPSA) is 54.3 Å². The second kappa shape index (κ2) is 11.3. The summed E-state index contributed by atoms with van der Waals surface area (Å²) in [5.74, 6) is 0.797. The largest absolute Gasteiger partial charge is 0.491 e. The fourth-order valence-electron chi connectivity index (χ4n) is 3.93. The van der Waals surface area contributed by atoms with Gasteiger partial charge in [-0.05, 0) is 41.8 Å². The third-order valence-electron chi connectivity index (χ3n) is 5.62. The zero-order valence-electron chi connectivity index (χ0n) is 18.7. The highest BCUT2D eigenvalue weighted by molar-refractivity contribution is 6.30. The Hall–Kier alpha value is -2.86. The van der Waals surface area contributed by atoms with E-state index in [4.69, 9.17) is 21.2 Å². The van der Waals surface area contributed by atoms with Gasteiger partial charge in [-0.2, -0.15) is 0 Å². The standard InChI is InChI=1S/C27H29ClN2O3/c1-20-7-5-6-10-27(20)32-19-24(31)17-30(16-21-8-3-2-4-9-21)18-25-15-26(29-33-25)22-11-13-23(28)14-12-22/h2-14,24-25,31H,15-19H2,1H3/t24-,25-/m1/s1. The van der Waals surface area contributed by atoms with Crippen LogP contribution in [0, 0.1) is 6.92 Å². The summed E-state index contributed by atoms with van der Waals surface area (Å²) in [6.07, 6.45) is -0.00169. The number of ether oxygens (including phenoxy) is 1. The average molecular weight is 465 g/mol. The number of rotatable bonds is 10. The van der Waals surface area contributed by atoms with E-state index in [1.54, 1.807) is 0 Å². The van der Waals surface area contributed by atoms with Crippen LogP contribution in [0.4, 0.5) is 0 Å². The highest BCUT2D eigenvalue weighted by Gasteiger charge is 2.26. The normalized spacial score (nSPS) is 16.4. The van der Waals surface area contributed by atoms with Crippen molar-refractivity contribution in [2.45, 2.75) is 32.1 Å². The molecule has 0 saturated carbocycles. The molecule has 2 atom stereocenters. The Balaban J connectivity index is 1.36. The van der Waals surface area contributed by atoms with E-state index in [-0.39, 0.29) is 12.7 Å². The Morgan fingerprint density at radius 1 is 1.06 bits per heavy atom. The molecule has 0 fully saturated rings. The molecule has 1 N–H and O–H groups in total. The quantitative estimate of drug-likeness (QED) is 0.454. The van der Waals surface area contributed by atoms with E-state index in [1.165, 1.54) is 5.56 Å². The van der Waals surface area contributed by atoms with Gasteiger partial charge in [0.15, 0.2) is 0 Å². The number of aryl methyl sites for hydroxylation is 1. The monoisotopic (exact) mass is 464 g/mol. The first kappa shape index (κ1) is 23.3. The van der Waals surface area contributed by atoms with E-state index in [2.05, 4.69) is 22.2 Å². The predicted molar refractivity (Wildman–Crippen MR) is 132 cm³/mol. The molecule has 172 valence electrons. The van der Waals surface area contributed by atoms with Gasteiger partial charge in [-0.1, -0.05) is 77.4 Å². The Labute approximate surface area is 200 Å². The summed E-state index contributed by atoms with van der Waals surface area (Å²) in [6, 6.07) is 25.7. The van der Waals surface area contributed by atoms with E-state index in [0.717, 1.165) is 22.6 Å². The lowest BCUT2D eigenvalue weighted by Crippen LogP contribution is -2.39. The van der Waals surface area contributed by atoms with Gasteiger partial charge in [0.25, 0.3) is 0 Å². The van der Waals surface area contributed by atoms with Crippen LogP contribution in [0.25, 0.3) is 0 Å². The second-order valence-corrected chi connectivity index (χ2v) is 8.82. The summed E-state index contributed by atoms with van der Waals surface area (Å²) in [7, 11) is 0. The summed E-state index contributed by atoms with van der Waals surface area (Å²) >= 11 is 6.00. The van der Waals surface area contributed by atoms with Crippen molar-refractivity contribution in [2.24, 2.45) is 5.16 Å². The van der Waals surface area contributed by atoms with Gasteiger partial charge in [0.1, 0.15) is 24.6 Å². The second-order valence-electron chi connectivity index (χ2n) is 8.39. The molecule has 0 bridgehead atoms. The lowest BCUT2D eigenvalue weighted by molar-refractivity contribution is 0.0212. The van der Waals surface area contributed by atoms with Gasteiger partial charge in [-0.3, -0.25) is 4.90 Å².